The first-order valence-corrected chi connectivity index (χ1v) is 7.02. The Labute approximate surface area is 115 Å². The number of likely N-dealkylation sites (N-methyl/N-ethyl adjacent to an activating group) is 2. The van der Waals surface area contributed by atoms with Crippen molar-refractivity contribution in [2.24, 2.45) is 7.05 Å². The number of imidazole rings is 1. The zero-order chi connectivity index (χ0) is 13.8. The van der Waals surface area contributed by atoms with Gasteiger partial charge in [0.2, 0.25) is 0 Å². The van der Waals surface area contributed by atoms with Gasteiger partial charge in [-0.3, -0.25) is 4.79 Å². The summed E-state index contributed by atoms with van der Waals surface area (Å²) in [5, 5.41) is 0. The Hall–Kier alpha value is -1.36. The van der Waals surface area contributed by atoms with Gasteiger partial charge in [-0.1, -0.05) is 12.8 Å². The van der Waals surface area contributed by atoms with Crippen LogP contribution in [0.1, 0.15) is 36.3 Å². The van der Waals surface area contributed by atoms with Crippen molar-refractivity contribution in [2.75, 3.05) is 27.2 Å². The Bertz CT molecular complexity index is 423. The summed E-state index contributed by atoms with van der Waals surface area (Å²) in [6, 6.07) is 0.705. The number of aromatic nitrogens is 2. The smallest absolute Gasteiger partial charge is 0.289 e. The predicted molar refractivity (Wildman–Crippen MR) is 75.1 cm³/mol. The normalized spacial score (nSPS) is 16.2. The topological polar surface area (TPSA) is 41.4 Å². The number of carbonyl (C=O) groups is 1. The first-order chi connectivity index (χ1) is 9.09. The summed E-state index contributed by atoms with van der Waals surface area (Å²) in [6.45, 7) is 1.68. The van der Waals surface area contributed by atoms with Gasteiger partial charge in [-0.2, -0.15) is 0 Å². The zero-order valence-electron chi connectivity index (χ0n) is 12.2. The van der Waals surface area contributed by atoms with Crippen LogP contribution in [-0.4, -0.2) is 58.5 Å². The Morgan fingerprint density at radius 2 is 2.05 bits per heavy atom. The summed E-state index contributed by atoms with van der Waals surface area (Å²) >= 11 is 0. The lowest BCUT2D eigenvalue weighted by molar-refractivity contribution is 0.0759. The Morgan fingerprint density at radius 1 is 1.37 bits per heavy atom. The molecule has 1 aromatic heterocycles. The SMILES string of the molecule is CN(CCN(C)C1CCCC1)C(=O)c1nccn1C. The fraction of sp³-hybridized carbons (Fsp3) is 0.714. The van der Waals surface area contributed by atoms with Crippen molar-refractivity contribution >= 4 is 5.91 Å². The molecule has 19 heavy (non-hydrogen) atoms. The fourth-order valence-electron chi connectivity index (χ4n) is 2.68. The van der Waals surface area contributed by atoms with E-state index in [2.05, 4.69) is 16.9 Å². The third-order valence-electron chi connectivity index (χ3n) is 4.10. The molecule has 0 saturated heterocycles. The average Bonchev–Trinajstić information content (AvgIpc) is 3.05. The van der Waals surface area contributed by atoms with Crippen LogP contribution in [0.25, 0.3) is 0 Å². The lowest BCUT2D eigenvalue weighted by atomic mass is 10.2. The van der Waals surface area contributed by atoms with Crippen molar-refractivity contribution < 1.29 is 4.79 Å². The summed E-state index contributed by atoms with van der Waals surface area (Å²) in [5.41, 5.74) is 0. The summed E-state index contributed by atoms with van der Waals surface area (Å²) in [4.78, 5) is 20.4. The van der Waals surface area contributed by atoms with Crippen LogP contribution in [0.5, 0.6) is 0 Å². The van der Waals surface area contributed by atoms with Crippen molar-refractivity contribution in [1.82, 2.24) is 19.4 Å². The summed E-state index contributed by atoms with van der Waals surface area (Å²) in [6.07, 6.45) is 8.74. The third-order valence-corrected chi connectivity index (χ3v) is 4.10. The average molecular weight is 264 g/mol. The van der Waals surface area contributed by atoms with Gasteiger partial charge in [-0.05, 0) is 19.9 Å². The van der Waals surface area contributed by atoms with E-state index in [0.29, 0.717) is 11.9 Å². The van der Waals surface area contributed by atoms with E-state index >= 15 is 0 Å². The van der Waals surface area contributed by atoms with Gasteiger partial charge in [0.15, 0.2) is 5.82 Å². The van der Waals surface area contributed by atoms with E-state index in [1.807, 2.05) is 14.1 Å². The number of amides is 1. The molecule has 1 heterocycles. The molecule has 0 radical (unpaired) electrons. The predicted octanol–water partition coefficient (Wildman–Crippen LogP) is 1.37. The molecule has 1 fully saturated rings. The summed E-state index contributed by atoms with van der Waals surface area (Å²) in [7, 11) is 5.85. The quantitative estimate of drug-likeness (QED) is 0.806. The van der Waals surface area contributed by atoms with Crippen LogP contribution < -0.4 is 0 Å². The maximum atomic E-state index is 12.2. The monoisotopic (exact) mass is 264 g/mol. The molecule has 0 aliphatic heterocycles. The van der Waals surface area contributed by atoms with Crippen LogP contribution in [0.3, 0.4) is 0 Å². The standard InChI is InChI=1S/C14H24N4O/c1-16(12-6-4-5-7-12)10-11-18(3)14(19)13-15-8-9-17(13)2/h8-9,12H,4-7,10-11H2,1-3H3. The highest BCUT2D eigenvalue weighted by Gasteiger charge is 2.21. The number of rotatable bonds is 5. The summed E-state index contributed by atoms with van der Waals surface area (Å²) < 4.78 is 1.76. The van der Waals surface area contributed by atoms with Crippen LogP contribution >= 0.6 is 0 Å². The molecule has 1 aromatic rings. The highest BCUT2D eigenvalue weighted by molar-refractivity contribution is 5.90. The van der Waals surface area contributed by atoms with E-state index in [9.17, 15) is 4.79 Å². The maximum Gasteiger partial charge on any atom is 0.289 e. The minimum atomic E-state index is -0.00711. The first kappa shape index (κ1) is 14.1. The zero-order valence-corrected chi connectivity index (χ0v) is 12.2. The van der Waals surface area contributed by atoms with Gasteiger partial charge in [0.05, 0.1) is 0 Å². The molecule has 0 atom stereocenters. The number of aryl methyl sites for hydroxylation is 1. The van der Waals surface area contributed by atoms with Crippen LogP contribution in [0.2, 0.25) is 0 Å². The molecule has 1 saturated carbocycles. The van der Waals surface area contributed by atoms with Gasteiger partial charge in [-0.15, -0.1) is 0 Å². The molecule has 1 aliphatic rings. The Morgan fingerprint density at radius 3 is 2.63 bits per heavy atom. The van der Waals surface area contributed by atoms with Gasteiger partial charge < -0.3 is 14.4 Å². The molecule has 0 unspecified atom stereocenters. The molecule has 1 amide bonds. The lowest BCUT2D eigenvalue weighted by Crippen LogP contribution is -2.39. The third kappa shape index (κ3) is 3.35. The number of hydrogen-bond donors (Lipinski definition) is 0. The summed E-state index contributed by atoms with van der Waals surface area (Å²) in [5.74, 6) is 0.498. The Kier molecular flexibility index (Phi) is 4.58. The Balaban J connectivity index is 1.82. The van der Waals surface area contributed by atoms with E-state index in [1.54, 1.807) is 21.9 Å². The molecule has 5 nitrogen and oxygen atoms in total. The second-order valence-electron chi connectivity index (χ2n) is 5.51. The molecule has 0 spiro atoms. The van der Waals surface area contributed by atoms with E-state index < -0.39 is 0 Å². The second kappa shape index (κ2) is 6.19. The molecule has 0 N–H and O–H groups in total. The lowest BCUT2D eigenvalue weighted by Gasteiger charge is -2.26. The molecular formula is C14H24N4O. The van der Waals surface area contributed by atoms with Crippen LogP contribution in [0, 0.1) is 0 Å². The first-order valence-electron chi connectivity index (χ1n) is 7.02. The molecule has 0 bridgehead atoms. The molecule has 106 valence electrons. The highest BCUT2D eigenvalue weighted by atomic mass is 16.2. The van der Waals surface area contributed by atoms with Crippen molar-refractivity contribution in [3.05, 3.63) is 18.2 Å². The molecule has 5 heteroatoms. The minimum absolute atomic E-state index is 0.00711. The van der Waals surface area contributed by atoms with E-state index in [0.717, 1.165) is 13.1 Å². The van der Waals surface area contributed by atoms with E-state index in [1.165, 1.54) is 25.7 Å². The number of carbonyl (C=O) groups excluding carboxylic acids is 1. The van der Waals surface area contributed by atoms with Gasteiger partial charge in [0, 0.05) is 45.6 Å². The van der Waals surface area contributed by atoms with Gasteiger partial charge in [0.25, 0.3) is 5.91 Å². The van der Waals surface area contributed by atoms with E-state index in [4.69, 9.17) is 0 Å². The van der Waals surface area contributed by atoms with Crippen LogP contribution in [0.15, 0.2) is 12.4 Å². The highest BCUT2D eigenvalue weighted by Crippen LogP contribution is 2.22. The van der Waals surface area contributed by atoms with Crippen LogP contribution in [-0.2, 0) is 7.05 Å². The van der Waals surface area contributed by atoms with Crippen molar-refractivity contribution in [1.29, 1.82) is 0 Å². The fourth-order valence-corrected chi connectivity index (χ4v) is 2.68. The second-order valence-corrected chi connectivity index (χ2v) is 5.51. The number of hydrogen-bond acceptors (Lipinski definition) is 3. The van der Waals surface area contributed by atoms with E-state index in [-0.39, 0.29) is 5.91 Å². The van der Waals surface area contributed by atoms with Crippen molar-refractivity contribution in [3.63, 3.8) is 0 Å². The van der Waals surface area contributed by atoms with Crippen molar-refractivity contribution in [2.45, 2.75) is 31.7 Å². The van der Waals surface area contributed by atoms with Gasteiger partial charge >= 0.3 is 0 Å². The largest absolute Gasteiger partial charge is 0.338 e. The minimum Gasteiger partial charge on any atom is -0.338 e. The molecular weight excluding hydrogens is 240 g/mol. The van der Waals surface area contributed by atoms with Crippen LogP contribution in [0.4, 0.5) is 0 Å². The molecule has 2 rings (SSSR count). The molecule has 1 aliphatic carbocycles. The maximum absolute atomic E-state index is 12.2. The van der Waals surface area contributed by atoms with Gasteiger partial charge in [0.1, 0.15) is 0 Å². The van der Waals surface area contributed by atoms with Gasteiger partial charge in [-0.25, -0.2) is 4.98 Å². The molecule has 0 aromatic carbocycles. The number of nitrogens with zero attached hydrogens (tertiary/aromatic N) is 4. The van der Waals surface area contributed by atoms with Crippen molar-refractivity contribution in [3.8, 4) is 0 Å².